The summed E-state index contributed by atoms with van der Waals surface area (Å²) in [5, 5.41) is 22.0. The summed E-state index contributed by atoms with van der Waals surface area (Å²) in [6, 6.07) is 11.9. The average Bonchev–Trinajstić information content (AvgIpc) is 3.45. The van der Waals surface area contributed by atoms with E-state index in [2.05, 4.69) is 0 Å². The Bertz CT molecular complexity index is 2010. The first-order valence-corrected chi connectivity index (χ1v) is 15.8. The number of carbonyl (C=O) groups excluding carboxylic acids is 4. The number of nitro benzene ring substituents is 1. The third-order valence-electron chi connectivity index (χ3n) is 10.6. The number of ether oxygens (including phenoxy) is 2. The van der Waals surface area contributed by atoms with Crippen molar-refractivity contribution in [2.45, 2.75) is 25.7 Å². The van der Waals surface area contributed by atoms with Gasteiger partial charge < -0.3 is 14.6 Å². The van der Waals surface area contributed by atoms with Crippen LogP contribution in [0, 0.1) is 45.0 Å². The molecule has 3 aromatic carbocycles. The Morgan fingerprint density at radius 2 is 1.61 bits per heavy atom. The van der Waals surface area contributed by atoms with Crippen LogP contribution < -0.4 is 19.3 Å². The predicted molar refractivity (Wildman–Crippen MR) is 173 cm³/mol. The van der Waals surface area contributed by atoms with E-state index in [4.69, 9.17) is 21.1 Å². The van der Waals surface area contributed by atoms with E-state index in [1.165, 1.54) is 50.6 Å². The molecule has 3 aromatic rings. The molecule has 252 valence electrons. The average molecular weight is 690 g/mol. The summed E-state index contributed by atoms with van der Waals surface area (Å²) < 4.78 is 25.0. The number of aromatic hydroxyl groups is 1. The minimum Gasteiger partial charge on any atom is -0.502 e. The van der Waals surface area contributed by atoms with Crippen LogP contribution in [0.1, 0.15) is 31.2 Å². The lowest BCUT2D eigenvalue weighted by molar-refractivity contribution is -0.384. The summed E-state index contributed by atoms with van der Waals surface area (Å²) in [4.78, 5) is 69.9. The van der Waals surface area contributed by atoms with E-state index >= 15 is 0 Å². The highest BCUT2D eigenvalue weighted by Crippen LogP contribution is 2.64. The van der Waals surface area contributed by atoms with E-state index in [0.29, 0.717) is 11.1 Å². The van der Waals surface area contributed by atoms with Crippen LogP contribution >= 0.6 is 11.6 Å². The number of benzene rings is 3. The maximum Gasteiger partial charge on any atom is 0.271 e. The normalized spacial score (nSPS) is 27.4. The number of phenolic OH excluding ortho intramolecular Hbond substituents is 1. The van der Waals surface area contributed by atoms with Gasteiger partial charge in [-0.3, -0.25) is 29.3 Å². The standard InChI is InChI=1S/C35H29ClFN3O9/c1-35-23(32(43)39(34(35)45)18-7-10-25(37)24(36)14-18)15-22-20(29(35)16-11-26(48-2)30(41)27(12-16)49-3)8-9-21-28(22)33(44)38(31(21)42)17-5-4-6-19(13-17)40(46)47/h4-8,10-14,21-23,28-29,41H,9,15H2,1-3H3. The molecule has 7 rings (SSSR count). The van der Waals surface area contributed by atoms with Crippen molar-refractivity contribution in [1.29, 1.82) is 0 Å². The molecule has 2 aliphatic carbocycles. The van der Waals surface area contributed by atoms with E-state index in [0.717, 1.165) is 15.9 Å². The number of phenols is 1. The van der Waals surface area contributed by atoms with Crippen LogP contribution in [0.5, 0.6) is 17.2 Å². The predicted octanol–water partition coefficient (Wildman–Crippen LogP) is 5.55. The highest BCUT2D eigenvalue weighted by molar-refractivity contribution is 6.32. The highest BCUT2D eigenvalue weighted by Gasteiger charge is 2.67. The molecule has 2 aliphatic heterocycles. The van der Waals surface area contributed by atoms with Crippen LogP contribution in [-0.4, -0.2) is 47.9 Å². The number of carbonyl (C=O) groups is 4. The molecule has 12 nitrogen and oxygen atoms in total. The molecule has 2 heterocycles. The summed E-state index contributed by atoms with van der Waals surface area (Å²) in [5.74, 6) is -7.44. The van der Waals surface area contributed by atoms with Crippen molar-refractivity contribution in [2.75, 3.05) is 24.0 Å². The van der Waals surface area contributed by atoms with Gasteiger partial charge in [-0.1, -0.05) is 29.3 Å². The number of rotatable bonds is 6. The first-order valence-electron chi connectivity index (χ1n) is 15.4. The molecule has 6 unspecified atom stereocenters. The zero-order valence-electron chi connectivity index (χ0n) is 26.4. The smallest absolute Gasteiger partial charge is 0.271 e. The Labute approximate surface area is 283 Å². The summed E-state index contributed by atoms with van der Waals surface area (Å²) >= 11 is 6.07. The number of methoxy groups -OCH3 is 2. The van der Waals surface area contributed by atoms with Crippen molar-refractivity contribution in [2.24, 2.45) is 29.1 Å². The van der Waals surface area contributed by atoms with Gasteiger partial charge in [0.1, 0.15) is 5.82 Å². The second-order valence-corrected chi connectivity index (χ2v) is 13.2. The number of anilines is 2. The Balaban J connectivity index is 1.39. The van der Waals surface area contributed by atoms with E-state index in [9.17, 15) is 38.8 Å². The molecular weight excluding hydrogens is 661 g/mol. The maximum atomic E-state index is 14.6. The fourth-order valence-corrected chi connectivity index (χ4v) is 8.52. The van der Waals surface area contributed by atoms with Crippen LogP contribution in [0.25, 0.3) is 0 Å². The second kappa shape index (κ2) is 11.4. The molecule has 0 aromatic heterocycles. The molecule has 14 heteroatoms. The number of amides is 4. The van der Waals surface area contributed by atoms with Gasteiger partial charge in [-0.05, 0) is 67.6 Å². The topological polar surface area (TPSA) is 157 Å². The van der Waals surface area contributed by atoms with Gasteiger partial charge in [0.2, 0.25) is 29.4 Å². The Kier molecular flexibility index (Phi) is 7.51. The summed E-state index contributed by atoms with van der Waals surface area (Å²) in [7, 11) is 2.71. The van der Waals surface area contributed by atoms with E-state index < -0.39 is 69.4 Å². The number of hydrogen-bond donors (Lipinski definition) is 1. The molecule has 49 heavy (non-hydrogen) atoms. The Morgan fingerprint density at radius 3 is 2.24 bits per heavy atom. The molecule has 1 N–H and O–H groups in total. The van der Waals surface area contributed by atoms with E-state index in [1.54, 1.807) is 19.1 Å². The summed E-state index contributed by atoms with van der Waals surface area (Å²) in [6.07, 6.45) is 2.00. The number of halogens is 2. The van der Waals surface area contributed by atoms with Gasteiger partial charge in [0.05, 0.1) is 58.7 Å². The van der Waals surface area contributed by atoms with Crippen LogP contribution in [0.4, 0.5) is 21.5 Å². The van der Waals surface area contributed by atoms with Crippen molar-refractivity contribution in [3.63, 3.8) is 0 Å². The van der Waals surface area contributed by atoms with Gasteiger partial charge in [-0.15, -0.1) is 0 Å². The van der Waals surface area contributed by atoms with Crippen molar-refractivity contribution in [3.8, 4) is 17.2 Å². The third kappa shape index (κ3) is 4.55. The summed E-state index contributed by atoms with van der Waals surface area (Å²) in [5.41, 5.74) is -0.484. The molecule has 4 aliphatic rings. The first kappa shape index (κ1) is 32.3. The lowest BCUT2D eigenvalue weighted by Gasteiger charge is -2.49. The number of nitrogens with zero attached hydrogens (tertiary/aromatic N) is 3. The number of nitro groups is 1. The van der Waals surface area contributed by atoms with Gasteiger partial charge in [-0.2, -0.15) is 0 Å². The van der Waals surface area contributed by atoms with Gasteiger partial charge in [-0.25, -0.2) is 14.2 Å². The minimum atomic E-state index is -1.45. The Morgan fingerprint density at radius 1 is 0.939 bits per heavy atom. The zero-order chi connectivity index (χ0) is 35.1. The highest BCUT2D eigenvalue weighted by atomic mass is 35.5. The van der Waals surface area contributed by atoms with Gasteiger partial charge in [0.15, 0.2) is 11.5 Å². The molecule has 1 saturated carbocycles. The minimum absolute atomic E-state index is 0.0319. The molecule has 6 atom stereocenters. The zero-order valence-corrected chi connectivity index (χ0v) is 27.1. The largest absolute Gasteiger partial charge is 0.502 e. The molecule has 4 amide bonds. The molecular formula is C35H29ClFN3O9. The van der Waals surface area contributed by atoms with Gasteiger partial charge in [0.25, 0.3) is 5.69 Å². The number of fused-ring (bicyclic) bond motifs is 4. The van der Waals surface area contributed by atoms with Crippen LogP contribution in [0.15, 0.2) is 66.2 Å². The quantitative estimate of drug-likeness (QED) is 0.152. The molecule has 2 saturated heterocycles. The molecule has 3 fully saturated rings. The van der Waals surface area contributed by atoms with Gasteiger partial charge >= 0.3 is 0 Å². The van der Waals surface area contributed by atoms with E-state index in [1.807, 2.05) is 6.08 Å². The van der Waals surface area contributed by atoms with Crippen molar-refractivity contribution in [1.82, 2.24) is 0 Å². The van der Waals surface area contributed by atoms with Crippen LogP contribution in [0.3, 0.4) is 0 Å². The lowest BCUT2D eigenvalue weighted by Crippen LogP contribution is -2.48. The SMILES string of the molecule is COc1cc(C2C3=CCC4C(=O)N(c5cccc([N+](=O)[O-])c5)C(=O)C4C3CC3C(=O)N(c4ccc(F)c(Cl)c4)C(=O)C32C)cc(OC)c1O. The molecule has 0 bridgehead atoms. The lowest BCUT2D eigenvalue weighted by atomic mass is 9.51. The first-order chi connectivity index (χ1) is 23.3. The second-order valence-electron chi connectivity index (χ2n) is 12.8. The summed E-state index contributed by atoms with van der Waals surface area (Å²) in [6.45, 7) is 1.67. The Hall–Kier alpha value is -5.30. The van der Waals surface area contributed by atoms with E-state index in [-0.39, 0.29) is 52.2 Å². The molecule has 0 radical (unpaired) electrons. The van der Waals surface area contributed by atoms with Gasteiger partial charge in [0, 0.05) is 18.1 Å². The maximum absolute atomic E-state index is 14.6. The fourth-order valence-electron chi connectivity index (χ4n) is 8.35. The van der Waals surface area contributed by atoms with Crippen LogP contribution in [0.2, 0.25) is 5.02 Å². The molecule has 0 spiro atoms. The fraction of sp³-hybridized carbons (Fsp3) is 0.314. The number of non-ortho nitro benzene ring substituents is 1. The van der Waals surface area contributed by atoms with Crippen molar-refractivity contribution >= 4 is 52.3 Å². The van der Waals surface area contributed by atoms with Crippen molar-refractivity contribution < 1.29 is 43.1 Å². The number of allylic oxidation sites excluding steroid dienone is 2. The van der Waals surface area contributed by atoms with Crippen molar-refractivity contribution in [3.05, 3.63) is 92.8 Å². The monoisotopic (exact) mass is 689 g/mol. The third-order valence-corrected chi connectivity index (χ3v) is 10.9. The number of imide groups is 2. The number of hydrogen-bond acceptors (Lipinski definition) is 9. The van der Waals surface area contributed by atoms with Crippen LogP contribution in [-0.2, 0) is 19.2 Å².